The minimum absolute atomic E-state index is 0.0466. The van der Waals surface area contributed by atoms with E-state index in [-0.39, 0.29) is 30.1 Å². The highest BCUT2D eigenvalue weighted by atomic mass is 16.6. The fraction of sp³-hybridized carbons (Fsp3) is 0.393. The van der Waals surface area contributed by atoms with E-state index in [1.807, 2.05) is 56.3 Å². The van der Waals surface area contributed by atoms with Crippen molar-refractivity contribution in [3.05, 3.63) is 66.0 Å². The fourth-order valence-electron chi connectivity index (χ4n) is 4.10. The van der Waals surface area contributed by atoms with Crippen molar-refractivity contribution in [3.63, 3.8) is 0 Å². The third-order valence-electron chi connectivity index (χ3n) is 6.09. The van der Waals surface area contributed by atoms with Crippen molar-refractivity contribution >= 4 is 23.7 Å². The van der Waals surface area contributed by atoms with E-state index >= 15 is 0 Å². The Bertz CT molecular complexity index is 1300. The number of H-pyrrole nitrogens is 1. The summed E-state index contributed by atoms with van der Waals surface area (Å²) < 4.78 is 4.48. The summed E-state index contributed by atoms with van der Waals surface area (Å²) >= 11 is 0. The summed E-state index contributed by atoms with van der Waals surface area (Å²) in [7, 11) is 1.54. The Balaban J connectivity index is 0.000000278. The van der Waals surface area contributed by atoms with Crippen LogP contribution < -0.4 is 16.0 Å². The molecule has 0 saturated carbocycles. The number of aryl methyl sites for hydroxylation is 1. The summed E-state index contributed by atoms with van der Waals surface area (Å²) in [6.45, 7) is 3.85. The van der Waals surface area contributed by atoms with Gasteiger partial charge in [-0.1, -0.05) is 67.6 Å². The van der Waals surface area contributed by atoms with Crippen molar-refractivity contribution in [2.75, 3.05) is 7.05 Å². The molecule has 0 radical (unpaired) electrons. The average molecular weight is 566 g/mol. The number of carbonyl (C=O) groups is 4. The number of carbonyl (C=O) groups excluding carboxylic acids is 4. The lowest BCUT2D eigenvalue weighted by Gasteiger charge is -2.18. The summed E-state index contributed by atoms with van der Waals surface area (Å²) in [5.41, 5.74) is 2.26. The molecule has 3 amide bonds. The molecule has 1 aliphatic heterocycles. The minimum atomic E-state index is -1.20. The monoisotopic (exact) mass is 565 g/mol. The van der Waals surface area contributed by atoms with Crippen LogP contribution in [0.1, 0.15) is 49.3 Å². The molecule has 1 aliphatic rings. The number of aliphatic hydroxyl groups excluding tert-OH is 1. The van der Waals surface area contributed by atoms with E-state index < -0.39 is 24.3 Å². The smallest absolute Gasteiger partial charge is 0.310 e. The van der Waals surface area contributed by atoms with Crippen LogP contribution in [-0.4, -0.2) is 74.8 Å². The third kappa shape index (κ3) is 9.49. The van der Waals surface area contributed by atoms with E-state index in [0.717, 1.165) is 11.1 Å². The highest BCUT2D eigenvalue weighted by molar-refractivity contribution is 6.02. The number of aliphatic hydroxyl groups is 1. The molecule has 1 unspecified atom stereocenters. The highest BCUT2D eigenvalue weighted by Gasteiger charge is 2.34. The summed E-state index contributed by atoms with van der Waals surface area (Å²) in [6, 6.07) is 15.7. The van der Waals surface area contributed by atoms with Gasteiger partial charge >= 0.3 is 5.97 Å². The zero-order valence-corrected chi connectivity index (χ0v) is 23.2. The Kier molecular flexibility index (Phi) is 11.5. The van der Waals surface area contributed by atoms with Crippen LogP contribution in [0.4, 0.5) is 0 Å². The lowest BCUT2D eigenvalue weighted by Crippen LogP contribution is -2.46. The van der Waals surface area contributed by atoms with Gasteiger partial charge < -0.3 is 25.8 Å². The molecule has 2 heterocycles. The van der Waals surface area contributed by atoms with Crippen molar-refractivity contribution in [1.29, 1.82) is 0 Å². The number of esters is 1. The number of hydrogen-bond donors (Lipinski definition) is 5. The van der Waals surface area contributed by atoms with Crippen molar-refractivity contribution in [2.24, 2.45) is 5.92 Å². The van der Waals surface area contributed by atoms with E-state index in [4.69, 9.17) is 0 Å². The molecule has 0 spiro atoms. The van der Waals surface area contributed by atoms with Gasteiger partial charge in [-0.3, -0.25) is 19.2 Å². The van der Waals surface area contributed by atoms with Crippen LogP contribution in [0.25, 0.3) is 11.1 Å². The van der Waals surface area contributed by atoms with Gasteiger partial charge in [0.15, 0.2) is 5.82 Å². The molecule has 3 atom stereocenters. The molecule has 2 aromatic carbocycles. The quantitative estimate of drug-likeness (QED) is 0.224. The molecule has 1 fully saturated rings. The first kappa shape index (κ1) is 30.9. The first-order valence-electron chi connectivity index (χ1n) is 13.2. The molecular weight excluding hydrogens is 530 g/mol. The van der Waals surface area contributed by atoms with Gasteiger partial charge in [-0.15, -0.1) is 10.2 Å². The van der Waals surface area contributed by atoms with Crippen molar-refractivity contribution in [3.8, 4) is 11.1 Å². The first-order chi connectivity index (χ1) is 19.7. The molecule has 13 heteroatoms. The maximum absolute atomic E-state index is 12.9. The average Bonchev–Trinajstić information content (AvgIpc) is 3.59. The van der Waals surface area contributed by atoms with Gasteiger partial charge in [-0.25, -0.2) is 0 Å². The number of amides is 3. The van der Waals surface area contributed by atoms with Crippen LogP contribution in [0.3, 0.4) is 0 Å². The Morgan fingerprint density at radius 1 is 1.10 bits per heavy atom. The van der Waals surface area contributed by atoms with E-state index in [0.29, 0.717) is 30.7 Å². The second-order valence-corrected chi connectivity index (χ2v) is 9.78. The van der Waals surface area contributed by atoms with Gasteiger partial charge in [0.1, 0.15) is 12.1 Å². The third-order valence-corrected chi connectivity index (χ3v) is 6.09. The van der Waals surface area contributed by atoms with Crippen LogP contribution >= 0.6 is 0 Å². The molecule has 4 rings (SSSR count). The van der Waals surface area contributed by atoms with Crippen LogP contribution in [0.15, 0.2) is 54.6 Å². The zero-order chi connectivity index (χ0) is 29.8. The summed E-state index contributed by atoms with van der Waals surface area (Å²) in [5, 5.41) is 30.8. The lowest BCUT2D eigenvalue weighted by atomic mass is 9.98. The van der Waals surface area contributed by atoms with Gasteiger partial charge in [-0.2, -0.15) is 5.21 Å². The van der Waals surface area contributed by atoms with Crippen LogP contribution in [0, 0.1) is 5.92 Å². The predicted octanol–water partition coefficient (Wildman–Crippen LogP) is 1.13. The van der Waals surface area contributed by atoms with Gasteiger partial charge in [0.05, 0.1) is 6.42 Å². The second kappa shape index (κ2) is 15.2. The number of benzene rings is 2. The summed E-state index contributed by atoms with van der Waals surface area (Å²) in [4.78, 5) is 47.1. The number of aromatic nitrogens is 4. The molecular formula is C28H35N7O6. The minimum Gasteiger partial charge on any atom is -0.434 e. The summed E-state index contributed by atoms with van der Waals surface area (Å²) in [6.07, 6.45) is 0.00870. The van der Waals surface area contributed by atoms with Crippen LogP contribution in [-0.2, 0) is 25.5 Å². The highest BCUT2D eigenvalue weighted by Crippen LogP contribution is 2.23. The standard InChI is InChI=1S/C19H20N6O2.C9H15NO4/c1-20-19(27)16(11-12-17-22-24-25-23-17)21-18(26)15-10-6-5-9-14(15)13-7-3-2-4-8-13;1-5(2)3-7(11)10-6-4-8(12)14-9(6)13/h2-10,16H,11-12H2,1H3,(H,20,27)(H,21,26)(H,22,23,24,25);5-6,9,13H,3-4H2,1-2H3,(H,10,11)/t16-;6-,9?/m00/s1. The molecule has 1 aromatic heterocycles. The maximum Gasteiger partial charge on any atom is 0.310 e. The van der Waals surface area contributed by atoms with Gasteiger partial charge in [0.2, 0.25) is 18.1 Å². The maximum atomic E-state index is 12.9. The molecule has 13 nitrogen and oxygen atoms in total. The number of aromatic amines is 1. The van der Waals surface area contributed by atoms with E-state index in [2.05, 4.69) is 41.3 Å². The normalized spacial score (nSPS) is 16.7. The largest absolute Gasteiger partial charge is 0.434 e. The van der Waals surface area contributed by atoms with Crippen LogP contribution in [0.2, 0.25) is 0 Å². The van der Waals surface area contributed by atoms with E-state index in [9.17, 15) is 24.3 Å². The number of tetrazole rings is 1. The number of hydrogen-bond acceptors (Lipinski definition) is 9. The van der Waals surface area contributed by atoms with Gasteiger partial charge in [0.25, 0.3) is 5.91 Å². The fourth-order valence-corrected chi connectivity index (χ4v) is 4.10. The number of rotatable bonds is 10. The molecule has 41 heavy (non-hydrogen) atoms. The summed E-state index contributed by atoms with van der Waals surface area (Å²) in [5.74, 6) is -0.483. The zero-order valence-electron chi connectivity index (χ0n) is 23.2. The Morgan fingerprint density at radius 2 is 1.80 bits per heavy atom. The molecule has 0 aliphatic carbocycles. The van der Waals surface area contributed by atoms with Crippen molar-refractivity contribution in [1.82, 2.24) is 36.6 Å². The number of nitrogens with one attached hydrogen (secondary N) is 4. The predicted molar refractivity (Wildman–Crippen MR) is 148 cm³/mol. The number of likely N-dealkylation sites (N-methyl/N-ethyl adjacent to an activating group) is 1. The molecule has 0 bridgehead atoms. The SMILES string of the molecule is CC(C)CC(=O)N[C@H]1CC(=O)OC1O.CNC(=O)[C@H](CCc1nn[nH]n1)NC(=O)c1ccccc1-c1ccccc1. The Morgan fingerprint density at radius 3 is 2.41 bits per heavy atom. The Hall–Kier alpha value is -4.65. The van der Waals surface area contributed by atoms with E-state index in [1.54, 1.807) is 12.1 Å². The van der Waals surface area contributed by atoms with Crippen LogP contribution in [0.5, 0.6) is 0 Å². The lowest BCUT2D eigenvalue weighted by molar-refractivity contribution is -0.155. The molecule has 1 saturated heterocycles. The Labute approximate surface area is 237 Å². The van der Waals surface area contributed by atoms with Crippen molar-refractivity contribution < 1.29 is 29.0 Å². The topological polar surface area (TPSA) is 188 Å². The molecule has 3 aromatic rings. The molecule has 5 N–H and O–H groups in total. The number of cyclic esters (lactones) is 1. The number of ether oxygens (including phenoxy) is 1. The van der Waals surface area contributed by atoms with Gasteiger partial charge in [-0.05, 0) is 29.5 Å². The number of nitrogens with zero attached hydrogens (tertiary/aromatic N) is 3. The molecule has 218 valence electrons. The van der Waals surface area contributed by atoms with Crippen molar-refractivity contribution in [2.45, 2.75) is 57.9 Å². The first-order valence-corrected chi connectivity index (χ1v) is 13.2. The van der Waals surface area contributed by atoms with E-state index in [1.165, 1.54) is 7.05 Å². The van der Waals surface area contributed by atoms with Gasteiger partial charge in [0, 0.05) is 25.5 Å². The second-order valence-electron chi connectivity index (χ2n) is 9.78.